The SMILES string of the molecule is c1ccc(-c2nc(-c3ccccc3)nc(-c3ccc4c(c3)-c3cc5c6ccccc6c6ccccc6c5cc3C43c4ccccc4-c4ccccc43)n2)cc1. The second kappa shape index (κ2) is 11.4. The van der Waals surface area contributed by atoms with Gasteiger partial charge in [0, 0.05) is 16.7 Å². The highest BCUT2D eigenvalue weighted by Gasteiger charge is 2.51. The van der Waals surface area contributed by atoms with Gasteiger partial charge in [-0.3, -0.25) is 0 Å². The second-order valence-electron chi connectivity index (χ2n) is 14.7. The largest absolute Gasteiger partial charge is 0.208 e. The Hall–Kier alpha value is -7.23. The van der Waals surface area contributed by atoms with Crippen molar-refractivity contribution in [2.45, 2.75) is 5.41 Å². The van der Waals surface area contributed by atoms with Crippen molar-refractivity contribution in [1.29, 1.82) is 0 Å². The molecular weight excluding hydrogens is 667 g/mol. The Kier molecular flexibility index (Phi) is 6.26. The molecule has 10 aromatic rings. The van der Waals surface area contributed by atoms with E-state index < -0.39 is 5.41 Å². The van der Waals surface area contributed by atoms with Crippen LogP contribution in [0.2, 0.25) is 0 Å². The molecule has 55 heavy (non-hydrogen) atoms. The van der Waals surface area contributed by atoms with Gasteiger partial charge in [-0.1, -0.05) is 170 Å². The average Bonchev–Trinajstić information content (AvgIpc) is 3.73. The highest BCUT2D eigenvalue weighted by atomic mass is 15.0. The zero-order valence-corrected chi connectivity index (χ0v) is 29.7. The predicted octanol–water partition coefficient (Wildman–Crippen LogP) is 12.7. The maximum atomic E-state index is 5.14. The van der Waals surface area contributed by atoms with E-state index in [2.05, 4.69) is 152 Å². The third-order valence-corrected chi connectivity index (χ3v) is 11.9. The van der Waals surface area contributed by atoms with E-state index in [-0.39, 0.29) is 0 Å². The summed E-state index contributed by atoms with van der Waals surface area (Å²) >= 11 is 0. The number of benzene rings is 9. The van der Waals surface area contributed by atoms with Crippen LogP contribution in [0, 0.1) is 0 Å². The zero-order valence-electron chi connectivity index (χ0n) is 29.7. The van der Waals surface area contributed by atoms with Crippen LogP contribution in [0.3, 0.4) is 0 Å². The van der Waals surface area contributed by atoms with Crippen LogP contribution in [0.15, 0.2) is 188 Å². The Bertz CT molecular complexity index is 3100. The summed E-state index contributed by atoms with van der Waals surface area (Å²) in [5.74, 6) is 1.97. The molecule has 1 aromatic heterocycles. The first-order valence-corrected chi connectivity index (χ1v) is 18.9. The Morgan fingerprint density at radius 3 is 1.20 bits per heavy atom. The lowest BCUT2D eigenvalue weighted by molar-refractivity contribution is 0.795. The molecule has 0 fully saturated rings. The minimum absolute atomic E-state index is 0.485. The van der Waals surface area contributed by atoms with Crippen molar-refractivity contribution in [3.05, 3.63) is 210 Å². The van der Waals surface area contributed by atoms with Crippen molar-refractivity contribution in [2.75, 3.05) is 0 Å². The lowest BCUT2D eigenvalue weighted by Gasteiger charge is -2.30. The topological polar surface area (TPSA) is 38.7 Å². The zero-order chi connectivity index (χ0) is 36.1. The molecule has 0 aliphatic heterocycles. The molecule has 0 saturated carbocycles. The highest BCUT2D eigenvalue weighted by Crippen LogP contribution is 2.63. The third-order valence-electron chi connectivity index (χ3n) is 11.9. The fraction of sp³-hybridized carbons (Fsp3) is 0.0192. The molecule has 0 N–H and O–H groups in total. The van der Waals surface area contributed by atoms with Crippen LogP contribution in [0.5, 0.6) is 0 Å². The maximum absolute atomic E-state index is 5.14. The fourth-order valence-electron chi connectivity index (χ4n) is 9.62. The maximum Gasteiger partial charge on any atom is 0.164 e. The quantitative estimate of drug-likeness (QED) is 0.173. The molecule has 1 heterocycles. The third kappa shape index (κ3) is 4.18. The van der Waals surface area contributed by atoms with Gasteiger partial charge in [-0.25, -0.2) is 15.0 Å². The Balaban J connectivity index is 1.19. The first-order valence-electron chi connectivity index (χ1n) is 18.9. The van der Waals surface area contributed by atoms with Crippen molar-refractivity contribution in [3.8, 4) is 56.4 Å². The van der Waals surface area contributed by atoms with E-state index in [1.54, 1.807) is 0 Å². The van der Waals surface area contributed by atoms with Gasteiger partial charge in [-0.15, -0.1) is 0 Å². The first-order chi connectivity index (χ1) is 27.3. The molecule has 3 nitrogen and oxygen atoms in total. The van der Waals surface area contributed by atoms with E-state index in [1.807, 2.05) is 36.4 Å². The minimum Gasteiger partial charge on any atom is -0.208 e. The van der Waals surface area contributed by atoms with Crippen molar-refractivity contribution in [2.24, 2.45) is 0 Å². The lowest BCUT2D eigenvalue weighted by atomic mass is 9.70. The molecular formula is C52H31N3. The van der Waals surface area contributed by atoms with E-state index in [4.69, 9.17) is 15.0 Å². The molecule has 0 atom stereocenters. The van der Waals surface area contributed by atoms with Gasteiger partial charge in [0.2, 0.25) is 0 Å². The standard InChI is InChI=1S/C52H31N3/c1-3-15-32(16-4-1)49-53-50(33-17-5-2-6-18-33)55-51(54-49)34-27-28-47-43(29-34)44-30-41-37-21-9-7-19-35(37)36-20-8-10-22-38(36)42(41)31-48(44)52(47)45-25-13-11-23-39(45)40-24-12-14-26-46(40)52/h1-31H. The minimum atomic E-state index is -0.485. The molecule has 0 unspecified atom stereocenters. The highest BCUT2D eigenvalue weighted by molar-refractivity contribution is 6.26. The average molecular weight is 698 g/mol. The summed E-state index contributed by atoms with van der Waals surface area (Å²) in [4.78, 5) is 15.3. The number of hydrogen-bond donors (Lipinski definition) is 0. The summed E-state index contributed by atoms with van der Waals surface area (Å²) in [6.45, 7) is 0. The molecule has 12 rings (SSSR count). The summed E-state index contributed by atoms with van der Waals surface area (Å²) < 4.78 is 0. The Morgan fingerprint density at radius 2 is 0.655 bits per heavy atom. The van der Waals surface area contributed by atoms with Crippen LogP contribution in [-0.4, -0.2) is 15.0 Å². The fourth-order valence-corrected chi connectivity index (χ4v) is 9.62. The van der Waals surface area contributed by atoms with Crippen LogP contribution in [-0.2, 0) is 5.41 Å². The van der Waals surface area contributed by atoms with Crippen LogP contribution >= 0.6 is 0 Å². The predicted molar refractivity (Wildman–Crippen MR) is 225 cm³/mol. The van der Waals surface area contributed by atoms with E-state index in [0.29, 0.717) is 17.5 Å². The van der Waals surface area contributed by atoms with Crippen LogP contribution in [0.4, 0.5) is 0 Å². The van der Waals surface area contributed by atoms with Crippen LogP contribution < -0.4 is 0 Å². The molecule has 0 radical (unpaired) electrons. The van der Waals surface area contributed by atoms with Crippen molar-refractivity contribution >= 4 is 32.3 Å². The number of fused-ring (bicyclic) bond motifs is 16. The van der Waals surface area contributed by atoms with Gasteiger partial charge < -0.3 is 0 Å². The molecule has 9 aromatic carbocycles. The molecule has 0 bridgehead atoms. The Labute approximate surface area is 318 Å². The summed E-state index contributed by atoms with van der Waals surface area (Å²) in [6, 6.07) is 68.0. The second-order valence-corrected chi connectivity index (χ2v) is 14.7. The van der Waals surface area contributed by atoms with E-state index in [9.17, 15) is 0 Å². The number of rotatable bonds is 3. The van der Waals surface area contributed by atoms with Gasteiger partial charge in [0.25, 0.3) is 0 Å². The van der Waals surface area contributed by atoms with Gasteiger partial charge in [0.15, 0.2) is 17.5 Å². The smallest absolute Gasteiger partial charge is 0.164 e. The molecule has 0 amide bonds. The molecule has 2 aliphatic rings. The summed E-state index contributed by atoms with van der Waals surface area (Å²) in [5.41, 5.74) is 12.7. The van der Waals surface area contributed by atoms with Gasteiger partial charge in [0.05, 0.1) is 5.41 Å². The number of nitrogens with zero attached hydrogens (tertiary/aromatic N) is 3. The molecule has 2 aliphatic carbocycles. The monoisotopic (exact) mass is 697 g/mol. The van der Waals surface area contributed by atoms with Gasteiger partial charge in [0.1, 0.15) is 0 Å². The number of aromatic nitrogens is 3. The lowest BCUT2D eigenvalue weighted by Crippen LogP contribution is -2.25. The van der Waals surface area contributed by atoms with Gasteiger partial charge in [-0.05, 0) is 95.0 Å². The van der Waals surface area contributed by atoms with Crippen molar-refractivity contribution in [1.82, 2.24) is 15.0 Å². The van der Waals surface area contributed by atoms with Crippen LogP contribution in [0.1, 0.15) is 22.3 Å². The normalized spacial score (nSPS) is 13.2. The van der Waals surface area contributed by atoms with Gasteiger partial charge >= 0.3 is 0 Å². The van der Waals surface area contributed by atoms with Crippen molar-refractivity contribution in [3.63, 3.8) is 0 Å². The molecule has 3 heteroatoms. The molecule has 1 spiro atoms. The summed E-state index contributed by atoms with van der Waals surface area (Å²) in [7, 11) is 0. The van der Waals surface area contributed by atoms with Crippen molar-refractivity contribution < 1.29 is 0 Å². The summed E-state index contributed by atoms with van der Waals surface area (Å²) in [5, 5.41) is 7.64. The van der Waals surface area contributed by atoms with Gasteiger partial charge in [-0.2, -0.15) is 0 Å². The first kappa shape index (κ1) is 30.3. The Morgan fingerprint density at radius 1 is 0.255 bits per heavy atom. The van der Waals surface area contributed by atoms with Crippen LogP contribution in [0.25, 0.3) is 88.7 Å². The van der Waals surface area contributed by atoms with E-state index in [0.717, 1.165) is 16.7 Å². The summed E-state index contributed by atoms with van der Waals surface area (Å²) in [6.07, 6.45) is 0. The molecule has 0 saturated heterocycles. The van der Waals surface area contributed by atoms with E-state index in [1.165, 1.54) is 76.8 Å². The van der Waals surface area contributed by atoms with E-state index >= 15 is 0 Å². The number of hydrogen-bond acceptors (Lipinski definition) is 3. The molecule has 254 valence electrons.